The molecular weight excluding hydrogens is 275 g/mol. The van der Waals surface area contributed by atoms with Crippen molar-refractivity contribution in [2.75, 3.05) is 49.3 Å². The highest BCUT2D eigenvalue weighted by Gasteiger charge is 2.25. The van der Waals surface area contributed by atoms with Crippen LogP contribution in [0.1, 0.15) is 13.8 Å². The Labute approximate surface area is 124 Å². The van der Waals surface area contributed by atoms with Gasteiger partial charge in [0, 0.05) is 13.1 Å². The van der Waals surface area contributed by atoms with E-state index < -0.39 is 6.09 Å². The average molecular weight is 296 g/mol. The van der Waals surface area contributed by atoms with Gasteiger partial charge in [0.15, 0.2) is 0 Å². The molecule has 0 unspecified atom stereocenters. The smallest absolute Gasteiger partial charge is 0.414 e. The van der Waals surface area contributed by atoms with Crippen molar-refractivity contribution in [2.45, 2.75) is 13.8 Å². The average Bonchev–Trinajstić information content (AvgIpc) is 2.96. The summed E-state index contributed by atoms with van der Waals surface area (Å²) in [7, 11) is 0. The lowest BCUT2D eigenvalue weighted by molar-refractivity contribution is 0.122. The monoisotopic (exact) mass is 296 g/mol. The number of benzene rings is 1. The number of hydrogen-bond acceptors (Lipinski definition) is 4. The minimum atomic E-state index is -0.418. The molecule has 21 heavy (non-hydrogen) atoms. The normalized spacial score (nSPS) is 18.1. The van der Waals surface area contributed by atoms with E-state index in [0.29, 0.717) is 50.8 Å². The van der Waals surface area contributed by atoms with Crippen LogP contribution in [0.25, 0.3) is 0 Å². The van der Waals surface area contributed by atoms with Gasteiger partial charge in [0.25, 0.3) is 0 Å². The molecule has 0 N–H and O–H groups in total. The molecule has 0 atom stereocenters. The summed E-state index contributed by atoms with van der Waals surface area (Å²) >= 11 is 0. The second kappa shape index (κ2) is 7.26. The fraction of sp³-hybridized carbons (Fsp3) is 0.533. The highest BCUT2D eigenvalue weighted by molar-refractivity contribution is 5.89. The van der Waals surface area contributed by atoms with Crippen molar-refractivity contribution < 1.29 is 18.7 Å². The zero-order valence-electron chi connectivity index (χ0n) is 12.5. The number of ether oxygens (including phenoxy) is 2. The van der Waals surface area contributed by atoms with Crippen molar-refractivity contribution in [3.8, 4) is 0 Å². The first-order chi connectivity index (χ1) is 10.3. The standard InChI is InChI=1S/C13H15FN2O3.C2H6/c14-11-9-10(16-5-8-19-13(16)17)1-2-12(11)15-3-6-18-7-4-15;1-2/h1-2,9H,3-8H2;1-2H3. The molecule has 5 nitrogen and oxygen atoms in total. The predicted molar refractivity (Wildman–Crippen MR) is 79.5 cm³/mol. The number of cyclic esters (lactones) is 1. The molecule has 3 rings (SSSR count). The molecule has 2 heterocycles. The first-order valence-electron chi connectivity index (χ1n) is 7.32. The first kappa shape index (κ1) is 15.6. The molecule has 0 radical (unpaired) electrons. The third-order valence-electron chi connectivity index (χ3n) is 3.36. The summed E-state index contributed by atoms with van der Waals surface area (Å²) in [6.45, 7) is 7.41. The number of carbonyl (C=O) groups excluding carboxylic acids is 1. The highest BCUT2D eigenvalue weighted by atomic mass is 19.1. The number of rotatable bonds is 2. The van der Waals surface area contributed by atoms with Gasteiger partial charge < -0.3 is 14.4 Å². The van der Waals surface area contributed by atoms with Gasteiger partial charge >= 0.3 is 6.09 Å². The SMILES string of the molecule is CC.O=C1OCCN1c1ccc(N2CCOCC2)c(F)c1. The van der Waals surface area contributed by atoms with E-state index in [1.165, 1.54) is 11.0 Å². The van der Waals surface area contributed by atoms with E-state index >= 15 is 0 Å². The van der Waals surface area contributed by atoms with E-state index in [0.717, 1.165) is 0 Å². The second-order valence-corrected chi connectivity index (χ2v) is 4.50. The molecule has 2 aliphatic heterocycles. The van der Waals surface area contributed by atoms with Crippen LogP contribution in [0.3, 0.4) is 0 Å². The molecule has 2 saturated heterocycles. The number of hydrogen-bond donors (Lipinski definition) is 0. The molecule has 2 aliphatic rings. The van der Waals surface area contributed by atoms with E-state index in [1.807, 2.05) is 18.7 Å². The summed E-state index contributed by atoms with van der Waals surface area (Å²) in [6, 6.07) is 4.85. The fourth-order valence-corrected chi connectivity index (χ4v) is 2.35. The summed E-state index contributed by atoms with van der Waals surface area (Å²) in [5, 5.41) is 0. The first-order valence-corrected chi connectivity index (χ1v) is 7.32. The van der Waals surface area contributed by atoms with E-state index in [-0.39, 0.29) is 5.82 Å². The molecule has 0 saturated carbocycles. The van der Waals surface area contributed by atoms with Gasteiger partial charge in [-0.3, -0.25) is 4.90 Å². The van der Waals surface area contributed by atoms with Crippen molar-refractivity contribution in [3.63, 3.8) is 0 Å². The van der Waals surface area contributed by atoms with E-state index in [1.54, 1.807) is 12.1 Å². The Morgan fingerprint density at radius 3 is 2.38 bits per heavy atom. The van der Waals surface area contributed by atoms with Gasteiger partial charge in [0.05, 0.1) is 31.1 Å². The molecule has 6 heteroatoms. The fourth-order valence-electron chi connectivity index (χ4n) is 2.35. The van der Waals surface area contributed by atoms with Crippen LogP contribution < -0.4 is 9.80 Å². The van der Waals surface area contributed by atoms with Crippen molar-refractivity contribution in [2.24, 2.45) is 0 Å². The van der Waals surface area contributed by atoms with Crippen LogP contribution in [0, 0.1) is 5.82 Å². The minimum Gasteiger partial charge on any atom is -0.447 e. The summed E-state index contributed by atoms with van der Waals surface area (Å²) < 4.78 is 24.2. The summed E-state index contributed by atoms with van der Waals surface area (Å²) in [5.41, 5.74) is 1.09. The largest absolute Gasteiger partial charge is 0.447 e. The number of anilines is 2. The highest BCUT2D eigenvalue weighted by Crippen LogP contribution is 2.27. The van der Waals surface area contributed by atoms with E-state index in [2.05, 4.69) is 0 Å². The van der Waals surface area contributed by atoms with Crippen molar-refractivity contribution >= 4 is 17.5 Å². The number of nitrogens with zero attached hydrogens (tertiary/aromatic N) is 2. The van der Waals surface area contributed by atoms with Crippen LogP contribution in [0.15, 0.2) is 18.2 Å². The number of halogens is 1. The van der Waals surface area contributed by atoms with Gasteiger partial charge in [-0.25, -0.2) is 9.18 Å². The van der Waals surface area contributed by atoms with E-state index in [4.69, 9.17) is 9.47 Å². The van der Waals surface area contributed by atoms with Gasteiger partial charge in [-0.1, -0.05) is 13.8 Å². The lowest BCUT2D eigenvalue weighted by Gasteiger charge is -2.29. The van der Waals surface area contributed by atoms with Gasteiger partial charge in [0.1, 0.15) is 12.4 Å². The Morgan fingerprint density at radius 2 is 1.81 bits per heavy atom. The number of morpholine rings is 1. The molecule has 0 bridgehead atoms. The maximum absolute atomic E-state index is 14.2. The number of amides is 1. The Kier molecular flexibility index (Phi) is 5.38. The third kappa shape index (κ3) is 3.44. The molecule has 0 aromatic heterocycles. The number of carbonyl (C=O) groups is 1. The lowest BCUT2D eigenvalue weighted by Crippen LogP contribution is -2.36. The zero-order chi connectivity index (χ0) is 15.2. The maximum Gasteiger partial charge on any atom is 0.414 e. The third-order valence-corrected chi connectivity index (χ3v) is 3.36. The summed E-state index contributed by atoms with van der Waals surface area (Å²) in [4.78, 5) is 14.8. The van der Waals surface area contributed by atoms with Crippen molar-refractivity contribution in [1.29, 1.82) is 0 Å². The van der Waals surface area contributed by atoms with Crippen molar-refractivity contribution in [1.82, 2.24) is 0 Å². The molecule has 0 spiro atoms. The van der Waals surface area contributed by atoms with Crippen LogP contribution in [0.4, 0.5) is 20.6 Å². The minimum absolute atomic E-state index is 0.320. The van der Waals surface area contributed by atoms with E-state index in [9.17, 15) is 9.18 Å². The molecule has 0 aliphatic carbocycles. The Balaban J connectivity index is 0.000000774. The van der Waals surface area contributed by atoms with Crippen LogP contribution in [-0.2, 0) is 9.47 Å². The Morgan fingerprint density at radius 1 is 1.10 bits per heavy atom. The molecule has 116 valence electrons. The lowest BCUT2D eigenvalue weighted by atomic mass is 10.2. The van der Waals surface area contributed by atoms with Crippen LogP contribution in [0.5, 0.6) is 0 Å². The van der Waals surface area contributed by atoms with Gasteiger partial charge in [-0.2, -0.15) is 0 Å². The second-order valence-electron chi connectivity index (χ2n) is 4.50. The Bertz CT molecular complexity index is 490. The Hall–Kier alpha value is -1.82. The van der Waals surface area contributed by atoms with Gasteiger partial charge in [-0.15, -0.1) is 0 Å². The molecule has 2 fully saturated rings. The van der Waals surface area contributed by atoms with Gasteiger partial charge in [-0.05, 0) is 18.2 Å². The van der Waals surface area contributed by atoms with Crippen molar-refractivity contribution in [3.05, 3.63) is 24.0 Å². The summed E-state index contributed by atoms with van der Waals surface area (Å²) in [6.07, 6.45) is -0.418. The molecule has 1 amide bonds. The molecular formula is C15H21FN2O3. The van der Waals surface area contributed by atoms with Crippen LogP contribution in [0.2, 0.25) is 0 Å². The summed E-state index contributed by atoms with van der Waals surface area (Å²) in [5.74, 6) is -0.320. The van der Waals surface area contributed by atoms with Crippen LogP contribution in [-0.4, -0.2) is 45.5 Å². The van der Waals surface area contributed by atoms with Gasteiger partial charge in [0.2, 0.25) is 0 Å². The quantitative estimate of drug-likeness (QED) is 0.841. The predicted octanol–water partition coefficient (Wildman–Crippen LogP) is 2.65. The topological polar surface area (TPSA) is 42.0 Å². The molecule has 1 aromatic rings. The molecule has 1 aromatic carbocycles. The zero-order valence-corrected chi connectivity index (χ0v) is 12.5. The van der Waals surface area contributed by atoms with Crippen LogP contribution >= 0.6 is 0 Å². The maximum atomic E-state index is 14.2.